The van der Waals surface area contributed by atoms with Crippen LogP contribution in [0.15, 0.2) is 24.3 Å². The van der Waals surface area contributed by atoms with E-state index in [2.05, 4.69) is 30.7 Å². The van der Waals surface area contributed by atoms with Gasteiger partial charge in [-0.3, -0.25) is 4.79 Å². The van der Waals surface area contributed by atoms with E-state index in [-0.39, 0.29) is 10.7 Å². The minimum Gasteiger partial charge on any atom is -0.382 e. The van der Waals surface area contributed by atoms with Gasteiger partial charge in [0.25, 0.3) is 5.91 Å². The average molecular weight is 292 g/mol. The van der Waals surface area contributed by atoms with Crippen LogP contribution in [0.4, 0.5) is 5.69 Å². The number of anilines is 1. The Morgan fingerprint density at radius 3 is 2.60 bits per heavy atom. The molecule has 1 fully saturated rings. The molecule has 0 heterocycles. The molecular formula is C16H24N2OS. The van der Waals surface area contributed by atoms with E-state index >= 15 is 0 Å². The van der Waals surface area contributed by atoms with Crippen molar-refractivity contribution in [1.29, 1.82) is 0 Å². The quantitative estimate of drug-likeness (QED) is 0.843. The number of carbonyl (C=O) groups excluding carboxylic acids is 1. The number of amides is 1. The molecule has 0 aliphatic heterocycles. The Morgan fingerprint density at radius 1 is 1.35 bits per heavy atom. The number of hydrogen-bond donors (Lipinski definition) is 2. The van der Waals surface area contributed by atoms with Gasteiger partial charge in [-0.25, -0.2) is 0 Å². The third kappa shape index (κ3) is 3.48. The lowest BCUT2D eigenvalue weighted by Gasteiger charge is -2.40. The first-order valence-corrected chi connectivity index (χ1v) is 8.48. The number of thioether (sulfide) groups is 1. The smallest absolute Gasteiger partial charge is 0.253 e. The Labute approximate surface area is 125 Å². The molecule has 2 rings (SSSR count). The maximum atomic E-state index is 12.4. The highest BCUT2D eigenvalue weighted by atomic mass is 32.2. The molecule has 110 valence electrons. The molecule has 3 nitrogen and oxygen atoms in total. The van der Waals surface area contributed by atoms with Crippen LogP contribution in [0.1, 0.15) is 43.5 Å². The van der Waals surface area contributed by atoms with Gasteiger partial charge in [-0.1, -0.05) is 18.6 Å². The largest absolute Gasteiger partial charge is 0.382 e. The van der Waals surface area contributed by atoms with Crippen molar-refractivity contribution in [3.05, 3.63) is 29.8 Å². The topological polar surface area (TPSA) is 41.1 Å². The Hall–Kier alpha value is -1.16. The zero-order chi connectivity index (χ0) is 14.6. The average Bonchev–Trinajstić information content (AvgIpc) is 2.37. The third-order valence-corrected chi connectivity index (χ3v) is 5.30. The highest BCUT2D eigenvalue weighted by Gasteiger charge is 2.36. The van der Waals surface area contributed by atoms with Gasteiger partial charge < -0.3 is 10.6 Å². The Balaban J connectivity index is 2.01. The van der Waals surface area contributed by atoms with Crippen molar-refractivity contribution in [2.45, 2.75) is 43.9 Å². The molecule has 1 aliphatic carbocycles. The molecule has 0 saturated heterocycles. The van der Waals surface area contributed by atoms with E-state index in [1.807, 2.05) is 36.0 Å². The SMILES string of the molecule is CSC1(CNC(=O)c2ccccc2NC(C)C)CCC1. The number of para-hydroxylation sites is 1. The van der Waals surface area contributed by atoms with Crippen LogP contribution in [-0.2, 0) is 0 Å². The zero-order valence-electron chi connectivity index (χ0n) is 12.5. The Kier molecular flexibility index (Phi) is 4.97. The summed E-state index contributed by atoms with van der Waals surface area (Å²) in [6, 6.07) is 8.02. The zero-order valence-corrected chi connectivity index (χ0v) is 13.3. The maximum absolute atomic E-state index is 12.4. The van der Waals surface area contributed by atoms with Gasteiger partial charge in [0, 0.05) is 23.0 Å². The van der Waals surface area contributed by atoms with E-state index in [9.17, 15) is 4.79 Å². The predicted molar refractivity (Wildman–Crippen MR) is 87.6 cm³/mol. The van der Waals surface area contributed by atoms with E-state index < -0.39 is 0 Å². The van der Waals surface area contributed by atoms with E-state index in [1.165, 1.54) is 19.3 Å². The number of nitrogens with one attached hydrogen (secondary N) is 2. The van der Waals surface area contributed by atoms with Gasteiger partial charge in [-0.2, -0.15) is 11.8 Å². The summed E-state index contributed by atoms with van der Waals surface area (Å²) < 4.78 is 0.274. The van der Waals surface area contributed by atoms with Gasteiger partial charge in [0.05, 0.1) is 5.56 Å². The lowest BCUT2D eigenvalue weighted by atomic mass is 9.84. The standard InChI is InChI=1S/C16H24N2OS/c1-12(2)18-14-8-5-4-7-13(14)15(19)17-11-16(20-3)9-6-10-16/h4-5,7-8,12,18H,6,9-11H2,1-3H3,(H,17,19). The highest BCUT2D eigenvalue weighted by Crippen LogP contribution is 2.42. The lowest BCUT2D eigenvalue weighted by Crippen LogP contribution is -2.45. The second-order valence-electron chi connectivity index (χ2n) is 5.77. The first-order chi connectivity index (χ1) is 9.56. The van der Waals surface area contributed by atoms with E-state index in [4.69, 9.17) is 0 Å². The second kappa shape index (κ2) is 6.53. The monoisotopic (exact) mass is 292 g/mol. The Morgan fingerprint density at radius 2 is 2.05 bits per heavy atom. The molecule has 0 atom stereocenters. The molecule has 1 aromatic carbocycles. The molecule has 20 heavy (non-hydrogen) atoms. The normalized spacial score (nSPS) is 16.6. The van der Waals surface area contributed by atoms with E-state index in [0.717, 1.165) is 17.8 Å². The van der Waals surface area contributed by atoms with Gasteiger partial charge in [-0.15, -0.1) is 0 Å². The summed E-state index contributed by atoms with van der Waals surface area (Å²) in [6.45, 7) is 4.92. The number of benzene rings is 1. The molecule has 0 aromatic heterocycles. The van der Waals surface area contributed by atoms with Crippen LogP contribution in [0.25, 0.3) is 0 Å². The van der Waals surface area contributed by atoms with Crippen LogP contribution in [0, 0.1) is 0 Å². The minimum atomic E-state index is 0.0223. The molecule has 1 amide bonds. The highest BCUT2D eigenvalue weighted by molar-refractivity contribution is 8.00. The molecule has 4 heteroatoms. The van der Waals surface area contributed by atoms with Gasteiger partial charge in [0.2, 0.25) is 0 Å². The van der Waals surface area contributed by atoms with Crippen molar-refractivity contribution in [2.75, 3.05) is 18.1 Å². The summed E-state index contributed by atoms with van der Waals surface area (Å²) in [5, 5.41) is 6.43. The molecule has 1 saturated carbocycles. The second-order valence-corrected chi connectivity index (χ2v) is 7.04. The van der Waals surface area contributed by atoms with Gasteiger partial charge >= 0.3 is 0 Å². The molecule has 1 aliphatic rings. The molecule has 0 bridgehead atoms. The predicted octanol–water partition coefficient (Wildman–Crippen LogP) is 3.52. The number of hydrogen-bond acceptors (Lipinski definition) is 3. The first kappa shape index (κ1) is 15.2. The van der Waals surface area contributed by atoms with Crippen molar-refractivity contribution in [3.8, 4) is 0 Å². The molecule has 0 spiro atoms. The van der Waals surface area contributed by atoms with Crippen molar-refractivity contribution in [2.24, 2.45) is 0 Å². The van der Waals surface area contributed by atoms with Crippen LogP contribution < -0.4 is 10.6 Å². The van der Waals surface area contributed by atoms with Crippen LogP contribution in [0.2, 0.25) is 0 Å². The lowest BCUT2D eigenvalue weighted by molar-refractivity contribution is 0.0944. The van der Waals surface area contributed by atoms with E-state index in [1.54, 1.807) is 0 Å². The van der Waals surface area contributed by atoms with Crippen LogP contribution in [-0.4, -0.2) is 29.5 Å². The van der Waals surface area contributed by atoms with Crippen molar-refractivity contribution >= 4 is 23.4 Å². The molecular weight excluding hydrogens is 268 g/mol. The third-order valence-electron chi connectivity index (χ3n) is 3.88. The van der Waals surface area contributed by atoms with E-state index in [0.29, 0.717) is 6.04 Å². The minimum absolute atomic E-state index is 0.0223. The summed E-state index contributed by atoms with van der Waals surface area (Å²) in [6.07, 6.45) is 5.84. The van der Waals surface area contributed by atoms with Gasteiger partial charge in [-0.05, 0) is 45.1 Å². The fourth-order valence-corrected chi connectivity index (χ4v) is 3.39. The molecule has 0 unspecified atom stereocenters. The summed E-state index contributed by atoms with van der Waals surface area (Å²) in [5.74, 6) is 0.0223. The number of carbonyl (C=O) groups is 1. The molecule has 2 N–H and O–H groups in total. The summed E-state index contributed by atoms with van der Waals surface area (Å²) >= 11 is 1.88. The van der Waals surface area contributed by atoms with Gasteiger partial charge in [0.15, 0.2) is 0 Å². The molecule has 0 radical (unpaired) electrons. The van der Waals surface area contributed by atoms with Crippen LogP contribution in [0.5, 0.6) is 0 Å². The van der Waals surface area contributed by atoms with Crippen molar-refractivity contribution < 1.29 is 4.79 Å². The first-order valence-electron chi connectivity index (χ1n) is 7.25. The maximum Gasteiger partial charge on any atom is 0.253 e. The Bertz CT molecular complexity index is 464. The fraction of sp³-hybridized carbons (Fsp3) is 0.562. The summed E-state index contributed by atoms with van der Waals surface area (Å²) in [7, 11) is 0. The molecule has 1 aromatic rings. The van der Waals surface area contributed by atoms with Gasteiger partial charge in [0.1, 0.15) is 0 Å². The van der Waals surface area contributed by atoms with Crippen LogP contribution >= 0.6 is 11.8 Å². The van der Waals surface area contributed by atoms with Crippen molar-refractivity contribution in [3.63, 3.8) is 0 Å². The summed E-state index contributed by atoms with van der Waals surface area (Å²) in [4.78, 5) is 12.4. The number of rotatable bonds is 6. The summed E-state index contributed by atoms with van der Waals surface area (Å²) in [5.41, 5.74) is 1.64. The van der Waals surface area contributed by atoms with Crippen LogP contribution in [0.3, 0.4) is 0 Å². The fourth-order valence-electron chi connectivity index (χ4n) is 2.48. The van der Waals surface area contributed by atoms with Crippen molar-refractivity contribution in [1.82, 2.24) is 5.32 Å².